The predicted octanol–water partition coefficient (Wildman–Crippen LogP) is 3.71. The van der Waals surface area contributed by atoms with Crippen molar-refractivity contribution < 1.29 is 18.7 Å². The Bertz CT molecular complexity index is 658. The molecule has 0 unspecified atom stereocenters. The molecule has 124 valence electrons. The van der Waals surface area contributed by atoms with Gasteiger partial charge < -0.3 is 14.8 Å². The molecule has 1 N–H and O–H groups in total. The van der Waals surface area contributed by atoms with Gasteiger partial charge in [-0.3, -0.25) is 4.79 Å². The number of thiophene rings is 1. The summed E-state index contributed by atoms with van der Waals surface area (Å²) in [6, 6.07) is 6.32. The molecule has 1 aromatic heterocycles. The van der Waals surface area contributed by atoms with Crippen LogP contribution in [0.1, 0.15) is 29.8 Å². The second kappa shape index (κ2) is 7.97. The van der Waals surface area contributed by atoms with E-state index in [-0.39, 0.29) is 5.91 Å². The fourth-order valence-electron chi connectivity index (χ4n) is 2.28. The summed E-state index contributed by atoms with van der Waals surface area (Å²) in [5, 5.41) is 4.80. The van der Waals surface area contributed by atoms with E-state index in [1.54, 1.807) is 24.3 Å². The summed E-state index contributed by atoms with van der Waals surface area (Å²) in [5.74, 6) is 0.211. The highest BCUT2D eigenvalue weighted by Crippen LogP contribution is 2.32. The number of ether oxygens (including phenoxy) is 2. The molecule has 0 bridgehead atoms. The van der Waals surface area contributed by atoms with E-state index in [2.05, 4.69) is 5.32 Å². The Kier molecular flexibility index (Phi) is 5.98. The monoisotopic (exact) mass is 337 g/mol. The molecular formula is C17H20FNO3S. The van der Waals surface area contributed by atoms with E-state index in [0.717, 1.165) is 4.88 Å². The number of nitrogens with one attached hydrogen (secondary N) is 1. The van der Waals surface area contributed by atoms with E-state index in [1.165, 1.54) is 20.3 Å². The first-order chi connectivity index (χ1) is 11.0. The maximum Gasteiger partial charge on any atom is 0.220 e. The molecule has 23 heavy (non-hydrogen) atoms. The summed E-state index contributed by atoms with van der Waals surface area (Å²) in [7, 11) is 2.94. The van der Waals surface area contributed by atoms with Gasteiger partial charge in [0.1, 0.15) is 5.82 Å². The Labute approximate surface area is 139 Å². The highest BCUT2D eigenvalue weighted by atomic mass is 32.1. The average molecular weight is 337 g/mol. The minimum absolute atomic E-state index is 0.111. The van der Waals surface area contributed by atoms with E-state index in [4.69, 9.17) is 9.47 Å². The molecule has 1 aromatic carbocycles. The van der Waals surface area contributed by atoms with E-state index >= 15 is 0 Å². The van der Waals surface area contributed by atoms with Crippen molar-refractivity contribution in [2.45, 2.75) is 25.8 Å². The van der Waals surface area contributed by atoms with Gasteiger partial charge in [-0.2, -0.15) is 0 Å². The van der Waals surface area contributed by atoms with Gasteiger partial charge in [0.2, 0.25) is 5.91 Å². The molecule has 0 spiro atoms. The van der Waals surface area contributed by atoms with Crippen LogP contribution >= 0.6 is 11.3 Å². The molecule has 0 saturated heterocycles. The molecular weight excluding hydrogens is 317 g/mol. The Morgan fingerprint density at radius 2 is 2.00 bits per heavy atom. The number of carbonyl (C=O) groups excluding carboxylic acids is 1. The number of hydrogen-bond acceptors (Lipinski definition) is 4. The van der Waals surface area contributed by atoms with Gasteiger partial charge in [-0.1, -0.05) is 6.07 Å². The number of aryl methyl sites for hydroxylation is 1. The Balaban J connectivity index is 2.02. The lowest BCUT2D eigenvalue weighted by atomic mass is 10.1. The summed E-state index contributed by atoms with van der Waals surface area (Å²) in [4.78, 5) is 13.2. The first kappa shape index (κ1) is 17.3. The average Bonchev–Trinajstić information content (AvgIpc) is 3.05. The fraction of sp³-hybridized carbons (Fsp3) is 0.353. The first-order valence-electron chi connectivity index (χ1n) is 7.28. The van der Waals surface area contributed by atoms with Crippen molar-refractivity contribution in [1.29, 1.82) is 0 Å². The van der Waals surface area contributed by atoms with E-state index in [9.17, 15) is 9.18 Å². The number of carbonyl (C=O) groups is 1. The van der Waals surface area contributed by atoms with Gasteiger partial charge in [0.25, 0.3) is 0 Å². The molecule has 6 heteroatoms. The van der Waals surface area contributed by atoms with Crippen LogP contribution in [-0.4, -0.2) is 20.1 Å². The van der Waals surface area contributed by atoms with Crippen LogP contribution in [0.15, 0.2) is 29.6 Å². The molecule has 0 saturated carbocycles. The van der Waals surface area contributed by atoms with Gasteiger partial charge in [0.15, 0.2) is 11.5 Å². The third-order valence-corrected chi connectivity index (χ3v) is 4.46. The zero-order chi connectivity index (χ0) is 16.8. The van der Waals surface area contributed by atoms with Gasteiger partial charge >= 0.3 is 0 Å². The molecule has 0 aliphatic rings. The van der Waals surface area contributed by atoms with E-state index in [1.807, 2.05) is 17.5 Å². The minimum atomic E-state index is -0.453. The third kappa shape index (κ3) is 4.45. The van der Waals surface area contributed by atoms with Gasteiger partial charge in [0.05, 0.1) is 20.3 Å². The lowest BCUT2D eigenvalue weighted by Gasteiger charge is -2.17. The maximum absolute atomic E-state index is 14.2. The molecule has 2 rings (SSSR count). The normalized spacial score (nSPS) is 11.8. The van der Waals surface area contributed by atoms with Crippen LogP contribution in [0.25, 0.3) is 0 Å². The largest absolute Gasteiger partial charge is 0.493 e. The second-order valence-electron chi connectivity index (χ2n) is 5.10. The highest BCUT2D eigenvalue weighted by molar-refractivity contribution is 7.09. The summed E-state index contributed by atoms with van der Waals surface area (Å²) >= 11 is 1.62. The number of halogens is 1. The number of benzene rings is 1. The standard InChI is InChI=1S/C17H20FNO3S/c1-11(19-17(20)7-6-12-5-4-8-23-12)13-9-15(21-2)16(22-3)10-14(13)18/h4-5,8-11H,6-7H2,1-3H3,(H,19,20)/t11-/m1/s1. The Hall–Kier alpha value is -2.08. The molecule has 0 aliphatic carbocycles. The number of methoxy groups -OCH3 is 2. The van der Waals surface area contributed by atoms with Crippen molar-refractivity contribution in [2.24, 2.45) is 0 Å². The molecule has 4 nitrogen and oxygen atoms in total. The van der Waals surface area contributed by atoms with Crippen molar-refractivity contribution in [3.8, 4) is 11.5 Å². The van der Waals surface area contributed by atoms with E-state index < -0.39 is 11.9 Å². The molecule has 0 aliphatic heterocycles. The Morgan fingerprint density at radius 3 is 2.61 bits per heavy atom. The molecule has 2 aromatic rings. The number of hydrogen-bond donors (Lipinski definition) is 1. The maximum atomic E-state index is 14.2. The lowest BCUT2D eigenvalue weighted by molar-refractivity contribution is -0.121. The van der Waals surface area contributed by atoms with Crippen LogP contribution in [0.5, 0.6) is 11.5 Å². The van der Waals surface area contributed by atoms with Crippen LogP contribution in [0.3, 0.4) is 0 Å². The van der Waals surface area contributed by atoms with Crippen molar-refractivity contribution in [1.82, 2.24) is 5.32 Å². The first-order valence-corrected chi connectivity index (χ1v) is 8.16. The van der Waals surface area contributed by atoms with Crippen LogP contribution in [0.2, 0.25) is 0 Å². The van der Waals surface area contributed by atoms with Gasteiger partial charge in [-0.15, -0.1) is 11.3 Å². The van der Waals surface area contributed by atoms with Crippen molar-refractivity contribution in [3.05, 3.63) is 45.9 Å². The smallest absolute Gasteiger partial charge is 0.220 e. The van der Waals surface area contributed by atoms with E-state index in [0.29, 0.717) is 29.9 Å². The SMILES string of the molecule is COc1cc(F)c([C@@H](C)NC(=O)CCc2cccs2)cc1OC. The van der Waals surface area contributed by atoms with Gasteiger partial charge in [0, 0.05) is 22.9 Å². The summed E-state index contributed by atoms with van der Waals surface area (Å²) in [6.07, 6.45) is 1.06. The summed E-state index contributed by atoms with van der Waals surface area (Å²) in [6.45, 7) is 1.74. The zero-order valence-electron chi connectivity index (χ0n) is 13.4. The minimum Gasteiger partial charge on any atom is -0.493 e. The summed E-state index contributed by atoms with van der Waals surface area (Å²) < 4.78 is 24.4. The van der Waals surface area contributed by atoms with Gasteiger partial charge in [-0.05, 0) is 30.9 Å². The van der Waals surface area contributed by atoms with Crippen LogP contribution in [-0.2, 0) is 11.2 Å². The van der Waals surface area contributed by atoms with Crippen LogP contribution < -0.4 is 14.8 Å². The third-order valence-electron chi connectivity index (χ3n) is 3.53. The predicted molar refractivity (Wildman–Crippen MR) is 88.7 cm³/mol. The number of rotatable bonds is 7. The lowest BCUT2D eigenvalue weighted by Crippen LogP contribution is -2.27. The molecule has 1 atom stereocenters. The quantitative estimate of drug-likeness (QED) is 0.838. The zero-order valence-corrected chi connectivity index (χ0v) is 14.2. The number of amides is 1. The highest BCUT2D eigenvalue weighted by Gasteiger charge is 2.17. The molecule has 1 amide bonds. The summed E-state index contributed by atoms with van der Waals surface area (Å²) in [5.41, 5.74) is 0.368. The second-order valence-corrected chi connectivity index (χ2v) is 6.13. The van der Waals surface area contributed by atoms with Crippen molar-refractivity contribution in [2.75, 3.05) is 14.2 Å². The Morgan fingerprint density at radius 1 is 1.30 bits per heavy atom. The fourth-order valence-corrected chi connectivity index (χ4v) is 2.99. The topological polar surface area (TPSA) is 47.6 Å². The van der Waals surface area contributed by atoms with Crippen molar-refractivity contribution >= 4 is 17.2 Å². The molecule has 0 fully saturated rings. The molecule has 1 heterocycles. The van der Waals surface area contributed by atoms with Crippen LogP contribution in [0, 0.1) is 5.82 Å². The van der Waals surface area contributed by atoms with Gasteiger partial charge in [-0.25, -0.2) is 4.39 Å². The van der Waals surface area contributed by atoms with Crippen LogP contribution in [0.4, 0.5) is 4.39 Å². The van der Waals surface area contributed by atoms with Crippen molar-refractivity contribution in [3.63, 3.8) is 0 Å². The molecule has 0 radical (unpaired) electrons.